The van der Waals surface area contributed by atoms with Gasteiger partial charge in [0.15, 0.2) is 16.6 Å². The molecule has 0 fully saturated rings. The van der Waals surface area contributed by atoms with E-state index in [1.807, 2.05) is 0 Å². The SMILES string of the molecule is COc1cc(NS(=O)(=O)c2cnc(C)[nH]2)ccc1F. The van der Waals surface area contributed by atoms with Gasteiger partial charge in [0.2, 0.25) is 0 Å². The van der Waals surface area contributed by atoms with Crippen molar-refractivity contribution >= 4 is 15.7 Å². The number of nitrogens with zero attached hydrogens (tertiary/aromatic N) is 1. The van der Waals surface area contributed by atoms with Gasteiger partial charge >= 0.3 is 0 Å². The van der Waals surface area contributed by atoms with Gasteiger partial charge in [0, 0.05) is 6.07 Å². The number of rotatable bonds is 4. The van der Waals surface area contributed by atoms with E-state index in [4.69, 9.17) is 4.74 Å². The summed E-state index contributed by atoms with van der Waals surface area (Å²) in [6.07, 6.45) is 1.21. The summed E-state index contributed by atoms with van der Waals surface area (Å²) in [5.74, 6) is -0.124. The number of nitrogens with one attached hydrogen (secondary N) is 2. The van der Waals surface area contributed by atoms with Crippen molar-refractivity contribution in [2.45, 2.75) is 11.9 Å². The van der Waals surface area contributed by atoms with Gasteiger partial charge in [-0.2, -0.15) is 8.42 Å². The Kier molecular flexibility index (Phi) is 3.43. The third kappa shape index (κ3) is 2.84. The summed E-state index contributed by atoms with van der Waals surface area (Å²) < 4.78 is 44.3. The van der Waals surface area contributed by atoms with Crippen molar-refractivity contribution in [2.75, 3.05) is 11.8 Å². The zero-order valence-electron chi connectivity index (χ0n) is 10.3. The van der Waals surface area contributed by atoms with E-state index in [2.05, 4.69) is 14.7 Å². The molecule has 6 nitrogen and oxygen atoms in total. The van der Waals surface area contributed by atoms with Gasteiger partial charge in [0.25, 0.3) is 10.0 Å². The van der Waals surface area contributed by atoms with Crippen LogP contribution in [0.15, 0.2) is 29.4 Å². The number of halogens is 1. The Morgan fingerprint density at radius 1 is 1.42 bits per heavy atom. The number of sulfonamides is 1. The highest BCUT2D eigenvalue weighted by atomic mass is 32.2. The van der Waals surface area contributed by atoms with E-state index in [-0.39, 0.29) is 16.5 Å². The second kappa shape index (κ2) is 4.88. The molecule has 8 heteroatoms. The van der Waals surface area contributed by atoms with Crippen LogP contribution < -0.4 is 9.46 Å². The number of aromatic amines is 1. The average Bonchev–Trinajstić information content (AvgIpc) is 2.79. The first-order valence-electron chi connectivity index (χ1n) is 5.30. The van der Waals surface area contributed by atoms with E-state index >= 15 is 0 Å². The summed E-state index contributed by atoms with van der Waals surface area (Å²) in [4.78, 5) is 6.42. The van der Waals surface area contributed by atoms with Crippen molar-refractivity contribution in [1.82, 2.24) is 9.97 Å². The molecule has 0 amide bonds. The third-order valence-electron chi connectivity index (χ3n) is 2.37. The maximum absolute atomic E-state index is 13.2. The Hall–Kier alpha value is -2.09. The lowest BCUT2D eigenvalue weighted by Gasteiger charge is -2.08. The largest absolute Gasteiger partial charge is 0.494 e. The van der Waals surface area contributed by atoms with Crippen LogP contribution in [0.2, 0.25) is 0 Å². The molecule has 0 aliphatic carbocycles. The van der Waals surface area contributed by atoms with Crippen LogP contribution in [0.3, 0.4) is 0 Å². The van der Waals surface area contributed by atoms with Crippen LogP contribution in [0.25, 0.3) is 0 Å². The minimum Gasteiger partial charge on any atom is -0.494 e. The van der Waals surface area contributed by atoms with Gasteiger partial charge in [-0.05, 0) is 19.1 Å². The predicted molar refractivity (Wildman–Crippen MR) is 67.1 cm³/mol. The first kappa shape index (κ1) is 13.3. The Labute approximate surface area is 109 Å². The number of benzene rings is 1. The molecular formula is C11H12FN3O3S. The highest BCUT2D eigenvalue weighted by Crippen LogP contribution is 2.23. The number of hydrogen-bond donors (Lipinski definition) is 2. The van der Waals surface area contributed by atoms with Gasteiger partial charge in [0.1, 0.15) is 5.82 Å². The van der Waals surface area contributed by atoms with Crippen LogP contribution in [0.4, 0.5) is 10.1 Å². The molecule has 0 bridgehead atoms. The maximum atomic E-state index is 13.2. The van der Waals surface area contributed by atoms with E-state index in [1.165, 1.54) is 25.4 Å². The fourth-order valence-corrected chi connectivity index (χ4v) is 2.49. The summed E-state index contributed by atoms with van der Waals surface area (Å²) in [5.41, 5.74) is 0.200. The molecule has 0 unspecified atom stereocenters. The number of ether oxygens (including phenoxy) is 1. The normalized spacial score (nSPS) is 11.3. The lowest BCUT2D eigenvalue weighted by atomic mass is 10.3. The average molecular weight is 285 g/mol. The van der Waals surface area contributed by atoms with E-state index in [0.29, 0.717) is 5.82 Å². The molecule has 0 radical (unpaired) electrons. The molecule has 2 N–H and O–H groups in total. The lowest BCUT2D eigenvalue weighted by molar-refractivity contribution is 0.387. The first-order chi connectivity index (χ1) is 8.92. The van der Waals surface area contributed by atoms with E-state index in [1.54, 1.807) is 6.92 Å². The standard InChI is InChI=1S/C11H12FN3O3S/c1-7-13-6-11(14-7)19(16,17)15-8-3-4-9(12)10(5-8)18-2/h3-6,15H,1-2H3,(H,13,14). The summed E-state index contributed by atoms with van der Waals surface area (Å²) in [7, 11) is -2.48. The third-order valence-corrected chi connectivity index (χ3v) is 3.66. The minimum absolute atomic E-state index is 0.0407. The summed E-state index contributed by atoms with van der Waals surface area (Å²) in [6, 6.07) is 3.68. The predicted octanol–water partition coefficient (Wildman–Crippen LogP) is 1.67. The fourth-order valence-electron chi connectivity index (χ4n) is 1.47. The maximum Gasteiger partial charge on any atom is 0.278 e. The Balaban J connectivity index is 2.30. The summed E-state index contributed by atoms with van der Waals surface area (Å²) >= 11 is 0. The lowest BCUT2D eigenvalue weighted by Crippen LogP contribution is -2.13. The quantitative estimate of drug-likeness (QED) is 0.895. The van der Waals surface area contributed by atoms with Gasteiger partial charge in [-0.15, -0.1) is 0 Å². The van der Waals surface area contributed by atoms with Crippen LogP contribution in [0.1, 0.15) is 5.82 Å². The molecule has 1 aromatic carbocycles. The number of hydrogen-bond acceptors (Lipinski definition) is 4. The van der Waals surface area contributed by atoms with E-state index in [9.17, 15) is 12.8 Å². The fraction of sp³-hybridized carbons (Fsp3) is 0.182. The zero-order chi connectivity index (χ0) is 14.0. The number of imidazole rings is 1. The molecule has 0 aliphatic heterocycles. The van der Waals surface area contributed by atoms with Crippen molar-refractivity contribution in [1.29, 1.82) is 0 Å². The Bertz CT molecular complexity index is 697. The van der Waals surface area contributed by atoms with Crippen LogP contribution in [-0.4, -0.2) is 25.5 Å². The van der Waals surface area contributed by atoms with Crippen molar-refractivity contribution in [2.24, 2.45) is 0 Å². The molecule has 0 atom stereocenters. The van der Waals surface area contributed by atoms with E-state index < -0.39 is 15.8 Å². The topological polar surface area (TPSA) is 84.1 Å². The van der Waals surface area contributed by atoms with Crippen LogP contribution in [0, 0.1) is 12.7 Å². The van der Waals surface area contributed by atoms with Crippen molar-refractivity contribution in [3.8, 4) is 5.75 Å². The number of anilines is 1. The molecule has 0 saturated heterocycles. The smallest absolute Gasteiger partial charge is 0.278 e. The number of H-pyrrole nitrogens is 1. The van der Waals surface area contributed by atoms with Crippen LogP contribution >= 0.6 is 0 Å². The number of methoxy groups -OCH3 is 1. The molecule has 1 heterocycles. The van der Waals surface area contributed by atoms with Crippen LogP contribution in [0.5, 0.6) is 5.75 Å². The highest BCUT2D eigenvalue weighted by molar-refractivity contribution is 7.92. The van der Waals surface area contributed by atoms with Crippen LogP contribution in [-0.2, 0) is 10.0 Å². The summed E-state index contributed by atoms with van der Waals surface area (Å²) in [6.45, 7) is 1.64. The van der Waals surface area contributed by atoms with Gasteiger partial charge in [-0.3, -0.25) is 4.72 Å². The Morgan fingerprint density at radius 3 is 2.74 bits per heavy atom. The van der Waals surface area contributed by atoms with Gasteiger partial charge in [-0.1, -0.05) is 0 Å². The molecule has 0 saturated carbocycles. The molecule has 0 spiro atoms. The van der Waals surface area contributed by atoms with Gasteiger partial charge < -0.3 is 9.72 Å². The first-order valence-corrected chi connectivity index (χ1v) is 6.78. The molecule has 19 heavy (non-hydrogen) atoms. The molecule has 1 aromatic heterocycles. The van der Waals surface area contributed by atoms with Crippen molar-refractivity contribution < 1.29 is 17.5 Å². The monoisotopic (exact) mass is 285 g/mol. The second-order valence-corrected chi connectivity index (χ2v) is 5.44. The van der Waals surface area contributed by atoms with E-state index in [0.717, 1.165) is 6.07 Å². The zero-order valence-corrected chi connectivity index (χ0v) is 11.1. The van der Waals surface area contributed by atoms with Gasteiger partial charge in [0.05, 0.1) is 19.0 Å². The van der Waals surface area contributed by atoms with Crippen molar-refractivity contribution in [3.63, 3.8) is 0 Å². The van der Waals surface area contributed by atoms with Gasteiger partial charge in [-0.25, -0.2) is 9.37 Å². The molecular weight excluding hydrogens is 273 g/mol. The molecule has 0 aliphatic rings. The second-order valence-electron chi connectivity index (χ2n) is 3.79. The highest BCUT2D eigenvalue weighted by Gasteiger charge is 2.17. The summed E-state index contributed by atoms with van der Waals surface area (Å²) in [5, 5.41) is -0.0618. The molecule has 2 rings (SSSR count). The Morgan fingerprint density at radius 2 is 2.16 bits per heavy atom. The molecule has 2 aromatic rings. The minimum atomic E-state index is -3.78. The van der Waals surface area contributed by atoms with Crippen molar-refractivity contribution in [3.05, 3.63) is 36.0 Å². The molecule has 102 valence electrons. The number of aromatic nitrogens is 2. The number of aryl methyl sites for hydroxylation is 1.